The van der Waals surface area contributed by atoms with Crippen LogP contribution in [0.25, 0.3) is 0 Å². The zero-order valence-electron chi connectivity index (χ0n) is 12.0. The third kappa shape index (κ3) is 3.00. The van der Waals surface area contributed by atoms with Crippen molar-refractivity contribution in [1.82, 2.24) is 20.1 Å². The zero-order chi connectivity index (χ0) is 13.9. The van der Waals surface area contributed by atoms with Gasteiger partial charge in [0.25, 0.3) is 0 Å². The summed E-state index contributed by atoms with van der Waals surface area (Å²) in [5, 5.41) is 11.4. The van der Waals surface area contributed by atoms with Crippen LogP contribution < -0.4 is 5.32 Å². The Morgan fingerprint density at radius 1 is 1.45 bits per heavy atom. The smallest absolute Gasteiger partial charge is 0.220 e. The molecule has 6 heteroatoms. The quantitative estimate of drug-likeness (QED) is 0.891. The molecule has 2 atom stereocenters. The minimum atomic E-state index is 0.139. The number of amides is 1. The summed E-state index contributed by atoms with van der Waals surface area (Å²) in [5.74, 6) is 2.10. The van der Waals surface area contributed by atoms with Crippen LogP contribution in [-0.2, 0) is 22.5 Å². The minimum Gasteiger partial charge on any atom is -0.378 e. The molecule has 2 aliphatic heterocycles. The SMILES string of the molecule is Cc1nnc2n1C[C@H](NC(=O)CC[C@H]1CCCO1)CC2. The normalized spacial score (nSPS) is 25.4. The van der Waals surface area contributed by atoms with Crippen LogP contribution in [0.15, 0.2) is 0 Å². The van der Waals surface area contributed by atoms with Gasteiger partial charge in [-0.2, -0.15) is 0 Å². The average Bonchev–Trinajstić information content (AvgIpc) is 3.07. The molecule has 0 radical (unpaired) electrons. The lowest BCUT2D eigenvalue weighted by Crippen LogP contribution is -2.41. The highest BCUT2D eigenvalue weighted by molar-refractivity contribution is 5.76. The molecule has 0 saturated carbocycles. The van der Waals surface area contributed by atoms with Crippen LogP contribution in [0.4, 0.5) is 0 Å². The summed E-state index contributed by atoms with van der Waals surface area (Å²) in [4.78, 5) is 12.0. The Hall–Kier alpha value is -1.43. The van der Waals surface area contributed by atoms with Gasteiger partial charge in [-0.05, 0) is 32.6 Å². The van der Waals surface area contributed by atoms with Crippen LogP contribution in [0, 0.1) is 6.92 Å². The van der Waals surface area contributed by atoms with E-state index in [0.29, 0.717) is 12.5 Å². The highest BCUT2D eigenvalue weighted by atomic mass is 16.5. The molecule has 0 unspecified atom stereocenters. The highest BCUT2D eigenvalue weighted by Crippen LogP contribution is 2.18. The number of ether oxygens (including phenoxy) is 1. The lowest BCUT2D eigenvalue weighted by Gasteiger charge is -2.25. The molecule has 20 heavy (non-hydrogen) atoms. The van der Waals surface area contributed by atoms with Crippen molar-refractivity contribution in [3.8, 4) is 0 Å². The summed E-state index contributed by atoms with van der Waals surface area (Å²) in [5.41, 5.74) is 0. The van der Waals surface area contributed by atoms with Gasteiger partial charge in [0.15, 0.2) is 0 Å². The molecule has 1 saturated heterocycles. The number of nitrogens with zero attached hydrogens (tertiary/aromatic N) is 3. The molecule has 6 nitrogen and oxygen atoms in total. The first kappa shape index (κ1) is 13.5. The molecule has 0 aliphatic carbocycles. The van der Waals surface area contributed by atoms with Gasteiger partial charge < -0.3 is 14.6 Å². The molecule has 3 rings (SSSR count). The maximum absolute atomic E-state index is 12.0. The van der Waals surface area contributed by atoms with Crippen molar-refractivity contribution in [2.24, 2.45) is 0 Å². The number of carbonyl (C=O) groups excluding carboxylic acids is 1. The van der Waals surface area contributed by atoms with E-state index in [0.717, 1.165) is 56.9 Å². The lowest BCUT2D eigenvalue weighted by atomic mass is 10.1. The molecule has 1 amide bonds. The number of nitrogens with one attached hydrogen (secondary N) is 1. The Morgan fingerprint density at radius 3 is 3.15 bits per heavy atom. The minimum absolute atomic E-state index is 0.139. The van der Waals surface area contributed by atoms with Crippen molar-refractivity contribution in [3.63, 3.8) is 0 Å². The van der Waals surface area contributed by atoms with E-state index in [4.69, 9.17) is 4.74 Å². The Kier molecular flexibility index (Phi) is 4.00. The number of rotatable bonds is 4. The number of hydrogen-bond donors (Lipinski definition) is 1. The molecule has 0 spiro atoms. The second kappa shape index (κ2) is 5.91. The number of hydrogen-bond acceptors (Lipinski definition) is 4. The van der Waals surface area contributed by atoms with Gasteiger partial charge in [-0.3, -0.25) is 4.79 Å². The van der Waals surface area contributed by atoms with Gasteiger partial charge in [0.05, 0.1) is 6.10 Å². The standard InChI is InChI=1S/C14H22N4O2/c1-10-16-17-13-6-4-11(9-18(10)13)15-14(19)7-5-12-3-2-8-20-12/h11-12H,2-9H2,1H3,(H,15,19)/t11-,12-/m1/s1. The molecule has 0 bridgehead atoms. The number of fused-ring (bicyclic) bond motifs is 1. The van der Waals surface area contributed by atoms with E-state index in [1.807, 2.05) is 6.92 Å². The zero-order valence-corrected chi connectivity index (χ0v) is 12.0. The third-order valence-corrected chi connectivity index (χ3v) is 4.21. The van der Waals surface area contributed by atoms with Crippen LogP contribution in [-0.4, -0.2) is 39.4 Å². The first-order chi connectivity index (χ1) is 9.72. The second-order valence-electron chi connectivity index (χ2n) is 5.75. The van der Waals surface area contributed by atoms with Crippen LogP contribution >= 0.6 is 0 Å². The van der Waals surface area contributed by atoms with Crippen molar-refractivity contribution in [1.29, 1.82) is 0 Å². The van der Waals surface area contributed by atoms with Gasteiger partial charge in [-0.1, -0.05) is 0 Å². The fraction of sp³-hybridized carbons (Fsp3) is 0.786. The topological polar surface area (TPSA) is 69.0 Å². The number of aryl methyl sites for hydroxylation is 2. The van der Waals surface area contributed by atoms with E-state index < -0.39 is 0 Å². The van der Waals surface area contributed by atoms with Gasteiger partial charge in [-0.15, -0.1) is 10.2 Å². The summed E-state index contributed by atoms with van der Waals surface area (Å²) in [7, 11) is 0. The van der Waals surface area contributed by atoms with Crippen LogP contribution in [0.1, 0.15) is 43.8 Å². The van der Waals surface area contributed by atoms with E-state index in [9.17, 15) is 4.79 Å². The monoisotopic (exact) mass is 278 g/mol. The van der Waals surface area contributed by atoms with Crippen molar-refractivity contribution < 1.29 is 9.53 Å². The van der Waals surface area contributed by atoms with Gasteiger partial charge in [0.1, 0.15) is 11.6 Å². The predicted molar refractivity (Wildman–Crippen MR) is 73.2 cm³/mol. The van der Waals surface area contributed by atoms with Crippen molar-refractivity contribution >= 4 is 5.91 Å². The van der Waals surface area contributed by atoms with Crippen molar-refractivity contribution in [3.05, 3.63) is 11.6 Å². The Bertz CT molecular complexity index is 480. The molecule has 2 aliphatic rings. The van der Waals surface area contributed by atoms with Gasteiger partial charge in [0, 0.05) is 32.0 Å². The van der Waals surface area contributed by atoms with Crippen molar-refractivity contribution in [2.75, 3.05) is 6.61 Å². The molecule has 1 fully saturated rings. The van der Waals surface area contributed by atoms with E-state index in [1.165, 1.54) is 0 Å². The molecule has 0 aromatic carbocycles. The average molecular weight is 278 g/mol. The Labute approximate surface area is 118 Å². The molecular weight excluding hydrogens is 256 g/mol. The highest BCUT2D eigenvalue weighted by Gasteiger charge is 2.23. The van der Waals surface area contributed by atoms with Crippen molar-refractivity contribution in [2.45, 2.75) is 64.1 Å². The fourth-order valence-corrected chi connectivity index (χ4v) is 3.04. The molecular formula is C14H22N4O2. The summed E-state index contributed by atoms with van der Waals surface area (Å²) >= 11 is 0. The van der Waals surface area contributed by atoms with Crippen LogP contribution in [0.5, 0.6) is 0 Å². The molecule has 3 heterocycles. The van der Waals surface area contributed by atoms with E-state index >= 15 is 0 Å². The van der Waals surface area contributed by atoms with Gasteiger partial charge in [0.2, 0.25) is 5.91 Å². The molecule has 1 aromatic rings. The lowest BCUT2D eigenvalue weighted by molar-refractivity contribution is -0.122. The second-order valence-corrected chi connectivity index (χ2v) is 5.75. The van der Waals surface area contributed by atoms with Gasteiger partial charge in [-0.25, -0.2) is 0 Å². The molecule has 1 N–H and O–H groups in total. The van der Waals surface area contributed by atoms with E-state index in [2.05, 4.69) is 20.1 Å². The fourth-order valence-electron chi connectivity index (χ4n) is 3.04. The van der Waals surface area contributed by atoms with E-state index in [1.54, 1.807) is 0 Å². The van der Waals surface area contributed by atoms with Gasteiger partial charge >= 0.3 is 0 Å². The number of aromatic nitrogens is 3. The van der Waals surface area contributed by atoms with E-state index in [-0.39, 0.29) is 11.9 Å². The Morgan fingerprint density at radius 2 is 2.35 bits per heavy atom. The summed E-state index contributed by atoms with van der Waals surface area (Å²) in [6.45, 7) is 3.60. The maximum atomic E-state index is 12.0. The summed E-state index contributed by atoms with van der Waals surface area (Å²) in [6.07, 6.45) is 5.76. The first-order valence-electron chi connectivity index (χ1n) is 7.52. The Balaban J connectivity index is 1.46. The summed E-state index contributed by atoms with van der Waals surface area (Å²) in [6, 6.07) is 0.203. The first-order valence-corrected chi connectivity index (χ1v) is 7.52. The van der Waals surface area contributed by atoms with Crippen LogP contribution in [0.2, 0.25) is 0 Å². The third-order valence-electron chi connectivity index (χ3n) is 4.21. The van der Waals surface area contributed by atoms with Crippen LogP contribution in [0.3, 0.4) is 0 Å². The molecule has 110 valence electrons. The molecule has 1 aromatic heterocycles. The predicted octanol–water partition coefficient (Wildman–Crippen LogP) is 0.977. The largest absolute Gasteiger partial charge is 0.378 e. The summed E-state index contributed by atoms with van der Waals surface area (Å²) < 4.78 is 7.65. The number of carbonyl (C=O) groups is 1. The maximum Gasteiger partial charge on any atom is 0.220 e.